The van der Waals surface area contributed by atoms with E-state index in [2.05, 4.69) is 5.10 Å². The van der Waals surface area contributed by atoms with Crippen LogP contribution >= 0.6 is 11.8 Å². The monoisotopic (exact) mass is 244 g/mol. The number of hydrogen-bond acceptors (Lipinski definition) is 3. The molecule has 2 rings (SSSR count). The van der Waals surface area contributed by atoms with Crippen molar-refractivity contribution in [3.8, 4) is 0 Å². The van der Waals surface area contributed by atoms with Gasteiger partial charge in [0, 0.05) is 24.4 Å². The van der Waals surface area contributed by atoms with Gasteiger partial charge < -0.3 is 0 Å². The number of carbonyl (C=O) groups excluding carboxylic acids is 1. The smallest absolute Gasteiger partial charge is 0.223 e. The predicted molar refractivity (Wildman–Crippen MR) is 70.6 cm³/mol. The molecule has 0 N–H and O–H groups in total. The third-order valence-corrected chi connectivity index (χ3v) is 2.89. The summed E-state index contributed by atoms with van der Waals surface area (Å²) in [5.41, 5.74) is 1.70. The summed E-state index contributed by atoms with van der Waals surface area (Å²) in [5, 5.41) is 5.87. The highest BCUT2D eigenvalue weighted by Gasteiger charge is 2.02. The lowest BCUT2D eigenvalue weighted by atomic mass is 10.2. The normalized spacial score (nSPS) is 10.9. The first-order valence-electron chi connectivity index (χ1n) is 5.17. The van der Waals surface area contributed by atoms with Crippen LogP contribution in [-0.2, 0) is 7.05 Å². The zero-order valence-corrected chi connectivity index (χ0v) is 10.2. The Bertz CT molecular complexity index is 531. The van der Waals surface area contributed by atoms with Crippen molar-refractivity contribution in [1.29, 1.82) is 0 Å². The second-order valence-electron chi connectivity index (χ2n) is 3.52. The molecule has 1 aromatic heterocycles. The van der Waals surface area contributed by atoms with Crippen LogP contribution in [0.1, 0.15) is 15.9 Å². The highest BCUT2D eigenvalue weighted by Crippen LogP contribution is 2.14. The summed E-state index contributed by atoms with van der Waals surface area (Å²) in [6.45, 7) is 0. The van der Waals surface area contributed by atoms with Gasteiger partial charge in [0.1, 0.15) is 0 Å². The molecule has 0 spiro atoms. The Hall–Kier alpha value is -1.81. The third-order valence-electron chi connectivity index (χ3n) is 2.17. The van der Waals surface area contributed by atoms with E-state index in [1.54, 1.807) is 16.3 Å². The second kappa shape index (κ2) is 5.50. The zero-order chi connectivity index (χ0) is 12.1. The van der Waals surface area contributed by atoms with Gasteiger partial charge in [0.15, 0.2) is 0 Å². The summed E-state index contributed by atoms with van der Waals surface area (Å²) in [5.74, 6) is 0. The molecule has 0 unspecified atom stereocenters. The van der Waals surface area contributed by atoms with Gasteiger partial charge in [-0.25, -0.2) is 0 Å². The van der Waals surface area contributed by atoms with Crippen LogP contribution in [0.25, 0.3) is 6.08 Å². The van der Waals surface area contributed by atoms with Gasteiger partial charge in [-0.1, -0.05) is 42.1 Å². The Morgan fingerprint density at radius 2 is 2.12 bits per heavy atom. The van der Waals surface area contributed by atoms with Crippen molar-refractivity contribution in [2.75, 3.05) is 0 Å². The maximum Gasteiger partial charge on any atom is 0.223 e. The molecule has 0 fully saturated rings. The number of thioether (sulfide) groups is 1. The Balaban J connectivity index is 1.95. The number of aryl methyl sites for hydroxylation is 1. The highest BCUT2D eigenvalue weighted by molar-refractivity contribution is 8.16. The summed E-state index contributed by atoms with van der Waals surface area (Å²) >= 11 is 1.18. The lowest BCUT2D eigenvalue weighted by Gasteiger charge is -1.94. The van der Waals surface area contributed by atoms with Gasteiger partial charge in [-0.2, -0.15) is 5.10 Å². The van der Waals surface area contributed by atoms with Gasteiger partial charge in [0.2, 0.25) is 5.12 Å². The Morgan fingerprint density at radius 1 is 1.35 bits per heavy atom. The average Bonchev–Trinajstić information content (AvgIpc) is 2.76. The fourth-order valence-corrected chi connectivity index (χ4v) is 1.96. The number of carbonyl (C=O) groups is 1. The van der Waals surface area contributed by atoms with Crippen molar-refractivity contribution in [2.24, 2.45) is 7.05 Å². The van der Waals surface area contributed by atoms with Crippen LogP contribution in [0.4, 0.5) is 0 Å². The van der Waals surface area contributed by atoms with Crippen LogP contribution in [0, 0.1) is 0 Å². The molecule has 86 valence electrons. The number of benzene rings is 1. The van der Waals surface area contributed by atoms with Crippen molar-refractivity contribution in [2.45, 2.75) is 0 Å². The molecule has 4 heteroatoms. The molecule has 17 heavy (non-hydrogen) atoms. The molecule has 0 aliphatic rings. The molecule has 0 aliphatic heterocycles. The molecular weight excluding hydrogens is 232 g/mol. The Morgan fingerprint density at radius 3 is 2.76 bits per heavy atom. The lowest BCUT2D eigenvalue weighted by Crippen LogP contribution is -1.89. The van der Waals surface area contributed by atoms with E-state index in [1.165, 1.54) is 11.8 Å². The molecule has 0 radical (unpaired) electrons. The first-order valence-corrected chi connectivity index (χ1v) is 6.05. The van der Waals surface area contributed by atoms with Crippen molar-refractivity contribution >= 4 is 23.0 Å². The maximum absolute atomic E-state index is 11.7. The van der Waals surface area contributed by atoms with E-state index >= 15 is 0 Å². The summed E-state index contributed by atoms with van der Waals surface area (Å²) in [4.78, 5) is 11.7. The quantitative estimate of drug-likeness (QED) is 0.832. The molecule has 1 heterocycles. The second-order valence-corrected chi connectivity index (χ2v) is 4.40. The van der Waals surface area contributed by atoms with Crippen molar-refractivity contribution < 1.29 is 4.79 Å². The fraction of sp³-hybridized carbons (Fsp3) is 0.0769. The topological polar surface area (TPSA) is 34.9 Å². The van der Waals surface area contributed by atoms with E-state index in [0.717, 1.165) is 5.56 Å². The molecule has 3 nitrogen and oxygen atoms in total. The molecule has 0 aliphatic carbocycles. The molecule has 0 atom stereocenters. The number of hydrogen-bond donors (Lipinski definition) is 0. The van der Waals surface area contributed by atoms with Gasteiger partial charge in [-0.3, -0.25) is 9.48 Å². The van der Waals surface area contributed by atoms with Crippen molar-refractivity contribution in [3.05, 3.63) is 59.3 Å². The minimum absolute atomic E-state index is 0.0470. The third kappa shape index (κ3) is 3.32. The van der Waals surface area contributed by atoms with E-state index in [-0.39, 0.29) is 5.12 Å². The standard InChI is InChI=1S/C13H12N2OS/c1-15-10-11(9-14-15)7-8-17-13(16)12-5-3-2-4-6-12/h2-10H,1H3/b8-7+. The predicted octanol–water partition coefficient (Wildman–Crippen LogP) is 2.96. The first kappa shape index (κ1) is 11.7. The van der Waals surface area contributed by atoms with Gasteiger partial charge in [-0.15, -0.1) is 0 Å². The average molecular weight is 244 g/mol. The lowest BCUT2D eigenvalue weighted by molar-refractivity contribution is 0.109. The molecule has 2 aromatic rings. The van der Waals surface area contributed by atoms with Gasteiger partial charge >= 0.3 is 0 Å². The zero-order valence-electron chi connectivity index (χ0n) is 9.41. The summed E-state index contributed by atoms with van der Waals surface area (Å²) < 4.78 is 1.73. The fourth-order valence-electron chi connectivity index (χ4n) is 1.34. The first-order chi connectivity index (χ1) is 8.25. The van der Waals surface area contributed by atoms with Crippen LogP contribution in [0.2, 0.25) is 0 Å². The Kier molecular flexibility index (Phi) is 3.77. The van der Waals surface area contributed by atoms with Gasteiger partial charge in [0.25, 0.3) is 0 Å². The van der Waals surface area contributed by atoms with Crippen LogP contribution < -0.4 is 0 Å². The molecule has 1 aromatic carbocycles. The molecule has 0 saturated heterocycles. The Labute approximate surface area is 104 Å². The van der Waals surface area contributed by atoms with E-state index in [0.29, 0.717) is 5.56 Å². The van der Waals surface area contributed by atoms with Crippen molar-refractivity contribution in [1.82, 2.24) is 9.78 Å². The minimum atomic E-state index is 0.0470. The van der Waals surface area contributed by atoms with Gasteiger partial charge in [-0.05, 0) is 11.5 Å². The SMILES string of the molecule is Cn1cc(/C=C/SC(=O)c2ccccc2)cn1. The van der Waals surface area contributed by atoms with Gasteiger partial charge in [0.05, 0.1) is 6.20 Å². The molecular formula is C13H12N2OS. The molecule has 0 amide bonds. The van der Waals surface area contributed by atoms with Crippen LogP contribution in [0.5, 0.6) is 0 Å². The number of nitrogens with zero attached hydrogens (tertiary/aromatic N) is 2. The van der Waals surface area contributed by atoms with Crippen LogP contribution in [0.15, 0.2) is 48.1 Å². The van der Waals surface area contributed by atoms with Crippen molar-refractivity contribution in [3.63, 3.8) is 0 Å². The summed E-state index contributed by atoms with van der Waals surface area (Å²) in [6.07, 6.45) is 5.52. The maximum atomic E-state index is 11.7. The van der Waals surface area contributed by atoms with Crippen LogP contribution in [-0.4, -0.2) is 14.9 Å². The number of rotatable bonds is 3. The van der Waals surface area contributed by atoms with E-state index in [4.69, 9.17) is 0 Å². The number of aromatic nitrogens is 2. The highest BCUT2D eigenvalue weighted by atomic mass is 32.2. The van der Waals surface area contributed by atoms with Crippen LogP contribution in [0.3, 0.4) is 0 Å². The summed E-state index contributed by atoms with van der Waals surface area (Å²) in [7, 11) is 1.86. The largest absolute Gasteiger partial charge is 0.281 e. The van der Waals surface area contributed by atoms with E-state index in [9.17, 15) is 4.79 Å². The molecule has 0 bridgehead atoms. The van der Waals surface area contributed by atoms with E-state index in [1.807, 2.05) is 49.7 Å². The minimum Gasteiger partial charge on any atom is -0.281 e. The summed E-state index contributed by atoms with van der Waals surface area (Å²) in [6, 6.07) is 9.24. The van der Waals surface area contributed by atoms with E-state index < -0.39 is 0 Å². The molecule has 0 saturated carbocycles.